The van der Waals surface area contributed by atoms with E-state index in [1.807, 2.05) is 36.4 Å². The molecule has 1 amide bonds. The molecule has 5 heteroatoms. The van der Waals surface area contributed by atoms with E-state index in [1.54, 1.807) is 30.3 Å². The number of carbonyl (C=O) groups is 1. The maximum Gasteiger partial charge on any atom is 0.254 e. The first-order valence-corrected chi connectivity index (χ1v) is 7.85. The lowest BCUT2D eigenvalue weighted by molar-refractivity contribution is 0.0787. The molecule has 0 bridgehead atoms. The van der Waals surface area contributed by atoms with Crippen molar-refractivity contribution in [2.75, 3.05) is 7.05 Å². The van der Waals surface area contributed by atoms with Crippen molar-refractivity contribution in [3.8, 4) is 0 Å². The maximum absolute atomic E-state index is 12.8. The predicted molar refractivity (Wildman–Crippen MR) is 94.0 cm³/mol. The number of benzene rings is 2. The highest BCUT2D eigenvalue weighted by Crippen LogP contribution is 2.24. The van der Waals surface area contributed by atoms with Gasteiger partial charge in [-0.15, -0.1) is 0 Å². The highest BCUT2D eigenvalue weighted by Gasteiger charge is 2.15. The van der Waals surface area contributed by atoms with Gasteiger partial charge in [0.25, 0.3) is 5.91 Å². The van der Waals surface area contributed by atoms with E-state index in [0.29, 0.717) is 22.2 Å². The van der Waals surface area contributed by atoms with Gasteiger partial charge in [-0.2, -0.15) is 0 Å². The summed E-state index contributed by atoms with van der Waals surface area (Å²) in [6.07, 6.45) is 1.72. The molecule has 0 saturated heterocycles. The third-order valence-electron chi connectivity index (χ3n) is 3.63. The number of nitrogens with zero attached hydrogens (tertiary/aromatic N) is 2. The zero-order chi connectivity index (χ0) is 16.4. The molecule has 3 nitrogen and oxygen atoms in total. The quantitative estimate of drug-likeness (QED) is 0.682. The summed E-state index contributed by atoms with van der Waals surface area (Å²) in [4.78, 5) is 18.7. The summed E-state index contributed by atoms with van der Waals surface area (Å²) in [7, 11) is 1.76. The van der Waals surface area contributed by atoms with Gasteiger partial charge in [0, 0.05) is 30.7 Å². The molecule has 0 N–H and O–H groups in total. The second-order valence-corrected chi connectivity index (χ2v) is 6.10. The molecule has 116 valence electrons. The van der Waals surface area contributed by atoms with E-state index in [-0.39, 0.29) is 5.91 Å². The van der Waals surface area contributed by atoms with Crippen molar-refractivity contribution in [1.82, 2.24) is 9.88 Å². The Morgan fingerprint density at radius 2 is 1.91 bits per heavy atom. The van der Waals surface area contributed by atoms with Crippen LogP contribution in [0, 0.1) is 0 Å². The van der Waals surface area contributed by atoms with E-state index in [2.05, 4.69) is 4.98 Å². The number of amides is 1. The third-order valence-corrected chi connectivity index (χ3v) is 4.37. The van der Waals surface area contributed by atoms with E-state index in [9.17, 15) is 4.79 Å². The lowest BCUT2D eigenvalue weighted by atomic mass is 10.1. The number of rotatable bonds is 3. The fourth-order valence-electron chi connectivity index (χ4n) is 2.48. The van der Waals surface area contributed by atoms with Crippen LogP contribution in [0.5, 0.6) is 0 Å². The van der Waals surface area contributed by atoms with Gasteiger partial charge in [0.1, 0.15) is 0 Å². The summed E-state index contributed by atoms with van der Waals surface area (Å²) in [6, 6.07) is 14.7. The lowest BCUT2D eigenvalue weighted by Crippen LogP contribution is -2.26. The van der Waals surface area contributed by atoms with Gasteiger partial charge in [-0.05, 0) is 35.9 Å². The van der Waals surface area contributed by atoms with Gasteiger partial charge < -0.3 is 4.90 Å². The first-order valence-electron chi connectivity index (χ1n) is 7.09. The normalized spacial score (nSPS) is 10.7. The number of fused-ring (bicyclic) bond motifs is 1. The molecule has 23 heavy (non-hydrogen) atoms. The summed E-state index contributed by atoms with van der Waals surface area (Å²) in [5, 5.41) is 1.84. The number of aromatic nitrogens is 1. The predicted octanol–water partition coefficient (Wildman–Crippen LogP) is 4.81. The van der Waals surface area contributed by atoms with Crippen molar-refractivity contribution in [3.63, 3.8) is 0 Å². The van der Waals surface area contributed by atoms with Crippen molar-refractivity contribution in [2.24, 2.45) is 0 Å². The minimum Gasteiger partial charge on any atom is -0.337 e. The van der Waals surface area contributed by atoms with Crippen LogP contribution in [0.3, 0.4) is 0 Å². The summed E-state index contributed by atoms with van der Waals surface area (Å²) in [6.45, 7) is 0.451. The Morgan fingerprint density at radius 3 is 2.70 bits per heavy atom. The largest absolute Gasteiger partial charge is 0.337 e. The zero-order valence-corrected chi connectivity index (χ0v) is 14.0. The van der Waals surface area contributed by atoms with Gasteiger partial charge in [0.05, 0.1) is 15.6 Å². The van der Waals surface area contributed by atoms with Gasteiger partial charge in [-0.1, -0.05) is 41.4 Å². The van der Waals surface area contributed by atoms with Crippen LogP contribution in [0.25, 0.3) is 10.9 Å². The standard InChI is InChI=1S/C18H14Cl2N2O/c1-22(11-12-7-8-15(19)16(20)10-12)18(23)14-4-2-6-17-13(14)5-3-9-21-17/h2-10H,11H2,1H3. The Balaban J connectivity index is 1.88. The molecule has 3 rings (SSSR count). The zero-order valence-electron chi connectivity index (χ0n) is 12.5. The van der Waals surface area contributed by atoms with Crippen LogP contribution in [0.2, 0.25) is 10.0 Å². The van der Waals surface area contributed by atoms with E-state index >= 15 is 0 Å². The molecular formula is C18H14Cl2N2O. The Bertz CT molecular complexity index is 875. The van der Waals surface area contributed by atoms with Crippen molar-refractivity contribution < 1.29 is 4.79 Å². The van der Waals surface area contributed by atoms with Crippen molar-refractivity contribution in [3.05, 3.63) is 75.9 Å². The SMILES string of the molecule is CN(Cc1ccc(Cl)c(Cl)c1)C(=O)c1cccc2ncccc12. The Labute approximate surface area is 144 Å². The van der Waals surface area contributed by atoms with Crippen LogP contribution in [0.15, 0.2) is 54.7 Å². The highest BCUT2D eigenvalue weighted by atomic mass is 35.5. The van der Waals surface area contributed by atoms with Gasteiger partial charge >= 0.3 is 0 Å². The highest BCUT2D eigenvalue weighted by molar-refractivity contribution is 6.42. The topological polar surface area (TPSA) is 33.2 Å². The molecule has 1 heterocycles. The smallest absolute Gasteiger partial charge is 0.254 e. The molecule has 0 fully saturated rings. The molecule has 0 aliphatic rings. The van der Waals surface area contributed by atoms with Crippen LogP contribution < -0.4 is 0 Å². The first kappa shape index (κ1) is 15.8. The molecule has 0 unspecified atom stereocenters. The second-order valence-electron chi connectivity index (χ2n) is 5.29. The van der Waals surface area contributed by atoms with E-state index in [1.165, 1.54) is 0 Å². The molecule has 3 aromatic rings. The van der Waals surface area contributed by atoms with Gasteiger partial charge in [-0.3, -0.25) is 9.78 Å². The fourth-order valence-corrected chi connectivity index (χ4v) is 2.80. The minimum absolute atomic E-state index is 0.0605. The average Bonchev–Trinajstić information content (AvgIpc) is 2.57. The molecule has 0 aliphatic carbocycles. The summed E-state index contributed by atoms with van der Waals surface area (Å²) < 4.78 is 0. The number of hydrogen-bond donors (Lipinski definition) is 0. The first-order chi connectivity index (χ1) is 11.1. The maximum atomic E-state index is 12.8. The van der Waals surface area contributed by atoms with Crippen LogP contribution in [0.1, 0.15) is 15.9 Å². The number of carbonyl (C=O) groups excluding carboxylic acids is 1. The van der Waals surface area contributed by atoms with Crippen LogP contribution in [0.4, 0.5) is 0 Å². The summed E-state index contributed by atoms with van der Waals surface area (Å²) in [5.74, 6) is -0.0605. The summed E-state index contributed by atoms with van der Waals surface area (Å²) in [5.41, 5.74) is 2.37. The van der Waals surface area contributed by atoms with E-state index in [4.69, 9.17) is 23.2 Å². The Hall–Kier alpha value is -2.10. The van der Waals surface area contributed by atoms with E-state index < -0.39 is 0 Å². The molecule has 0 atom stereocenters. The lowest BCUT2D eigenvalue weighted by Gasteiger charge is -2.18. The van der Waals surface area contributed by atoms with Gasteiger partial charge in [0.15, 0.2) is 0 Å². The molecular weight excluding hydrogens is 331 g/mol. The molecule has 0 aliphatic heterocycles. The Morgan fingerprint density at radius 1 is 1.09 bits per heavy atom. The second kappa shape index (κ2) is 6.57. The number of hydrogen-bond acceptors (Lipinski definition) is 2. The van der Waals surface area contributed by atoms with Crippen LogP contribution >= 0.6 is 23.2 Å². The molecule has 2 aromatic carbocycles. The number of halogens is 2. The molecule has 1 aromatic heterocycles. The molecule has 0 saturated carbocycles. The Kier molecular flexibility index (Phi) is 4.51. The molecule has 0 radical (unpaired) electrons. The third kappa shape index (κ3) is 3.31. The monoisotopic (exact) mass is 344 g/mol. The fraction of sp³-hybridized carbons (Fsp3) is 0.111. The van der Waals surface area contributed by atoms with Gasteiger partial charge in [0.2, 0.25) is 0 Å². The van der Waals surface area contributed by atoms with Crippen molar-refractivity contribution in [2.45, 2.75) is 6.54 Å². The van der Waals surface area contributed by atoms with Crippen molar-refractivity contribution in [1.29, 1.82) is 0 Å². The van der Waals surface area contributed by atoms with Crippen LogP contribution in [-0.2, 0) is 6.54 Å². The van der Waals surface area contributed by atoms with E-state index in [0.717, 1.165) is 16.5 Å². The van der Waals surface area contributed by atoms with Crippen LogP contribution in [-0.4, -0.2) is 22.8 Å². The summed E-state index contributed by atoms with van der Waals surface area (Å²) >= 11 is 11.9. The number of pyridine rings is 1. The minimum atomic E-state index is -0.0605. The molecule has 0 spiro atoms. The van der Waals surface area contributed by atoms with Gasteiger partial charge in [-0.25, -0.2) is 0 Å². The average molecular weight is 345 g/mol. The van der Waals surface area contributed by atoms with Crippen molar-refractivity contribution >= 4 is 40.0 Å².